The number of benzene rings is 1. The van der Waals surface area contributed by atoms with E-state index in [1.54, 1.807) is 0 Å². The molecule has 0 bridgehead atoms. The molecule has 4 nitrogen and oxygen atoms in total. The Balaban J connectivity index is 2.39. The Morgan fingerprint density at radius 2 is 1.81 bits per heavy atom. The SMILES string of the molecule is O=C(O)c1cc(C(F)(F)F)cnc1Oc1ccc(F)cc1. The molecule has 2 aromatic rings. The number of hydrogen-bond donors (Lipinski definition) is 1. The third-order valence-electron chi connectivity index (χ3n) is 2.44. The molecule has 0 aliphatic rings. The molecule has 0 saturated carbocycles. The van der Waals surface area contributed by atoms with Gasteiger partial charge in [-0.3, -0.25) is 0 Å². The molecule has 2 rings (SSSR count). The minimum absolute atomic E-state index is 0.0474. The van der Waals surface area contributed by atoms with Crippen molar-refractivity contribution in [3.8, 4) is 11.6 Å². The van der Waals surface area contributed by atoms with Crippen LogP contribution in [0, 0.1) is 5.82 Å². The average molecular weight is 301 g/mol. The highest BCUT2D eigenvalue weighted by Gasteiger charge is 2.33. The average Bonchev–Trinajstić information content (AvgIpc) is 2.40. The maximum Gasteiger partial charge on any atom is 0.417 e. The molecule has 1 aromatic heterocycles. The van der Waals surface area contributed by atoms with Crippen molar-refractivity contribution in [3.05, 3.63) is 53.5 Å². The number of ether oxygens (including phenoxy) is 1. The van der Waals surface area contributed by atoms with E-state index in [0.29, 0.717) is 12.3 Å². The van der Waals surface area contributed by atoms with E-state index < -0.39 is 35.0 Å². The minimum atomic E-state index is -4.72. The highest BCUT2D eigenvalue weighted by molar-refractivity contribution is 5.90. The number of carboxylic acids is 1. The predicted molar refractivity (Wildman–Crippen MR) is 62.7 cm³/mol. The Hall–Kier alpha value is -2.64. The Morgan fingerprint density at radius 3 is 2.33 bits per heavy atom. The van der Waals surface area contributed by atoms with E-state index in [4.69, 9.17) is 9.84 Å². The van der Waals surface area contributed by atoms with Crippen LogP contribution in [-0.2, 0) is 6.18 Å². The third-order valence-corrected chi connectivity index (χ3v) is 2.44. The number of pyridine rings is 1. The Kier molecular flexibility index (Phi) is 3.79. The first-order chi connectivity index (χ1) is 9.77. The second-order valence-electron chi connectivity index (χ2n) is 3.94. The van der Waals surface area contributed by atoms with Gasteiger partial charge in [-0.2, -0.15) is 13.2 Å². The number of nitrogens with zero attached hydrogens (tertiary/aromatic N) is 1. The van der Waals surface area contributed by atoms with Crippen LogP contribution in [0.25, 0.3) is 0 Å². The van der Waals surface area contributed by atoms with E-state index >= 15 is 0 Å². The largest absolute Gasteiger partial charge is 0.477 e. The van der Waals surface area contributed by atoms with Crippen LogP contribution in [0.4, 0.5) is 17.6 Å². The standard InChI is InChI=1S/C13H7F4NO3/c14-8-1-3-9(4-2-8)21-11-10(12(19)20)5-7(6-18-11)13(15,16)17/h1-6H,(H,19,20). The summed E-state index contributed by atoms with van der Waals surface area (Å²) < 4.78 is 55.4. The van der Waals surface area contributed by atoms with Crippen molar-refractivity contribution in [2.45, 2.75) is 6.18 Å². The summed E-state index contributed by atoms with van der Waals surface area (Å²) in [4.78, 5) is 14.4. The summed E-state index contributed by atoms with van der Waals surface area (Å²) in [5, 5.41) is 8.93. The van der Waals surface area contributed by atoms with Crippen molar-refractivity contribution >= 4 is 5.97 Å². The van der Waals surface area contributed by atoms with E-state index in [9.17, 15) is 22.4 Å². The molecule has 0 saturated heterocycles. The van der Waals surface area contributed by atoms with Gasteiger partial charge in [0.25, 0.3) is 0 Å². The number of aromatic carboxylic acids is 1. The topological polar surface area (TPSA) is 59.4 Å². The van der Waals surface area contributed by atoms with Crippen LogP contribution in [0.1, 0.15) is 15.9 Å². The van der Waals surface area contributed by atoms with Gasteiger partial charge in [-0.05, 0) is 30.3 Å². The van der Waals surface area contributed by atoms with E-state index in [1.807, 2.05) is 0 Å². The summed E-state index contributed by atoms with van der Waals surface area (Å²) in [6, 6.07) is 4.93. The number of carbonyl (C=O) groups is 1. The Bertz CT molecular complexity index is 668. The summed E-state index contributed by atoms with van der Waals surface area (Å²) in [6.07, 6.45) is -4.25. The molecule has 1 N–H and O–H groups in total. The lowest BCUT2D eigenvalue weighted by Crippen LogP contribution is -2.10. The molecule has 1 heterocycles. The maximum atomic E-state index is 12.7. The first-order valence-electron chi connectivity index (χ1n) is 5.51. The van der Waals surface area contributed by atoms with Crippen LogP contribution in [-0.4, -0.2) is 16.1 Å². The molecule has 1 aromatic carbocycles. The van der Waals surface area contributed by atoms with Crippen LogP contribution >= 0.6 is 0 Å². The normalized spacial score (nSPS) is 11.2. The number of aromatic nitrogens is 1. The monoisotopic (exact) mass is 301 g/mol. The van der Waals surface area contributed by atoms with Gasteiger partial charge in [0.05, 0.1) is 5.56 Å². The fourth-order valence-electron chi connectivity index (χ4n) is 1.46. The zero-order valence-corrected chi connectivity index (χ0v) is 10.2. The van der Waals surface area contributed by atoms with Crippen molar-refractivity contribution in [1.29, 1.82) is 0 Å². The summed E-state index contributed by atoms with van der Waals surface area (Å²) in [5.41, 5.74) is -1.94. The highest BCUT2D eigenvalue weighted by Crippen LogP contribution is 2.32. The molecule has 110 valence electrons. The lowest BCUT2D eigenvalue weighted by molar-refractivity contribution is -0.137. The van der Waals surface area contributed by atoms with Crippen molar-refractivity contribution in [2.75, 3.05) is 0 Å². The van der Waals surface area contributed by atoms with Crippen LogP contribution in [0.5, 0.6) is 11.6 Å². The molecule has 8 heteroatoms. The third kappa shape index (κ3) is 3.47. The van der Waals surface area contributed by atoms with Gasteiger partial charge >= 0.3 is 12.1 Å². The van der Waals surface area contributed by atoms with Crippen molar-refractivity contribution < 1.29 is 32.2 Å². The van der Waals surface area contributed by atoms with Crippen LogP contribution < -0.4 is 4.74 Å². The molecule has 0 unspecified atom stereocenters. The molecule has 0 fully saturated rings. The molecule has 0 aliphatic carbocycles. The lowest BCUT2D eigenvalue weighted by Gasteiger charge is -2.11. The molecule has 0 aliphatic heterocycles. The summed E-state index contributed by atoms with van der Waals surface area (Å²) >= 11 is 0. The Morgan fingerprint density at radius 1 is 1.19 bits per heavy atom. The highest BCUT2D eigenvalue weighted by atomic mass is 19.4. The van der Waals surface area contributed by atoms with E-state index in [0.717, 1.165) is 12.1 Å². The van der Waals surface area contributed by atoms with Gasteiger partial charge in [-0.1, -0.05) is 0 Å². The second-order valence-corrected chi connectivity index (χ2v) is 3.94. The van der Waals surface area contributed by atoms with Gasteiger partial charge in [0, 0.05) is 6.20 Å². The molecule has 21 heavy (non-hydrogen) atoms. The molecule has 0 spiro atoms. The van der Waals surface area contributed by atoms with Gasteiger partial charge in [-0.15, -0.1) is 0 Å². The zero-order valence-electron chi connectivity index (χ0n) is 10.2. The lowest BCUT2D eigenvalue weighted by atomic mass is 10.2. The minimum Gasteiger partial charge on any atom is -0.477 e. The van der Waals surface area contributed by atoms with Gasteiger partial charge < -0.3 is 9.84 Å². The first kappa shape index (κ1) is 14.8. The van der Waals surface area contributed by atoms with Crippen molar-refractivity contribution in [1.82, 2.24) is 4.98 Å². The molecule has 0 atom stereocenters. The van der Waals surface area contributed by atoms with Crippen LogP contribution in [0.2, 0.25) is 0 Å². The number of carboxylic acid groups (broad SMARTS) is 1. The van der Waals surface area contributed by atoms with Crippen LogP contribution in [0.3, 0.4) is 0 Å². The second kappa shape index (κ2) is 5.39. The molecular formula is C13H7F4NO3. The van der Waals surface area contributed by atoms with Crippen molar-refractivity contribution in [3.63, 3.8) is 0 Å². The molecule has 0 amide bonds. The van der Waals surface area contributed by atoms with Gasteiger partial charge in [0.15, 0.2) is 0 Å². The Labute approximate surface area is 115 Å². The number of halogens is 4. The van der Waals surface area contributed by atoms with Gasteiger partial charge in [0.2, 0.25) is 5.88 Å². The molecule has 0 radical (unpaired) electrons. The number of hydrogen-bond acceptors (Lipinski definition) is 3. The zero-order chi connectivity index (χ0) is 15.6. The quantitative estimate of drug-likeness (QED) is 0.878. The summed E-state index contributed by atoms with van der Waals surface area (Å²) in [6.45, 7) is 0. The summed E-state index contributed by atoms with van der Waals surface area (Å²) in [5.74, 6) is -2.62. The van der Waals surface area contributed by atoms with E-state index in [2.05, 4.69) is 4.98 Å². The fraction of sp³-hybridized carbons (Fsp3) is 0.0769. The fourth-order valence-corrected chi connectivity index (χ4v) is 1.46. The number of rotatable bonds is 3. The first-order valence-corrected chi connectivity index (χ1v) is 5.51. The van der Waals surface area contributed by atoms with Crippen LogP contribution in [0.15, 0.2) is 36.5 Å². The predicted octanol–water partition coefficient (Wildman–Crippen LogP) is 3.73. The smallest absolute Gasteiger partial charge is 0.417 e. The number of alkyl halides is 3. The molecular weight excluding hydrogens is 294 g/mol. The van der Waals surface area contributed by atoms with Gasteiger partial charge in [0.1, 0.15) is 17.1 Å². The van der Waals surface area contributed by atoms with E-state index in [1.165, 1.54) is 12.1 Å². The maximum absolute atomic E-state index is 12.7. The summed E-state index contributed by atoms with van der Waals surface area (Å²) in [7, 11) is 0. The van der Waals surface area contributed by atoms with E-state index in [-0.39, 0.29) is 5.75 Å². The van der Waals surface area contributed by atoms with Crippen molar-refractivity contribution in [2.24, 2.45) is 0 Å². The van der Waals surface area contributed by atoms with Gasteiger partial charge in [-0.25, -0.2) is 14.2 Å².